The Labute approximate surface area is 199 Å². The summed E-state index contributed by atoms with van der Waals surface area (Å²) in [5.74, 6) is 0.267. The highest BCUT2D eigenvalue weighted by atomic mass is 16.6. The number of rotatable bonds is 8. The summed E-state index contributed by atoms with van der Waals surface area (Å²) in [6, 6.07) is 14.8. The average molecular weight is 464 g/mol. The van der Waals surface area contributed by atoms with Crippen molar-refractivity contribution in [2.45, 2.75) is 39.7 Å². The second-order valence-electron chi connectivity index (χ2n) is 8.60. The van der Waals surface area contributed by atoms with Crippen molar-refractivity contribution in [1.29, 1.82) is 5.26 Å². The summed E-state index contributed by atoms with van der Waals surface area (Å²) in [6.45, 7) is 8.35. The van der Waals surface area contributed by atoms with Crippen LogP contribution >= 0.6 is 0 Å². The molecule has 0 aliphatic rings. The van der Waals surface area contributed by atoms with E-state index in [1.54, 1.807) is 25.3 Å². The topological polar surface area (TPSA) is 103 Å². The molecule has 0 saturated carbocycles. The molecule has 0 radical (unpaired) electrons. The van der Waals surface area contributed by atoms with Crippen molar-refractivity contribution in [3.63, 3.8) is 0 Å². The van der Waals surface area contributed by atoms with Gasteiger partial charge in [0.15, 0.2) is 0 Å². The normalized spacial score (nSPS) is 11.0. The Balaban J connectivity index is 1.66. The average Bonchev–Trinajstić information content (AvgIpc) is 3.16. The van der Waals surface area contributed by atoms with E-state index >= 15 is 0 Å². The fourth-order valence-corrected chi connectivity index (χ4v) is 3.34. The maximum absolute atomic E-state index is 11.9. The molecule has 0 aliphatic heterocycles. The zero-order valence-corrected chi connectivity index (χ0v) is 19.9. The van der Waals surface area contributed by atoms with Crippen LogP contribution in [0.15, 0.2) is 48.7 Å². The summed E-state index contributed by atoms with van der Waals surface area (Å²) in [5.41, 5.74) is 2.12. The van der Waals surface area contributed by atoms with Gasteiger partial charge >= 0.3 is 12.1 Å². The first-order chi connectivity index (χ1) is 16.2. The van der Waals surface area contributed by atoms with E-state index in [-0.39, 0.29) is 5.97 Å². The standard InChI is InChI=1S/C26H29N3O5/c1-5-32-24(30)18-7-9-20(10-8-18)29-17-19(16-27)22-15-21(11-12-23(22)29)33-14-6-13-28-25(31)34-26(2,3)4/h7-12,15,17H,5-6,13-14H2,1-4H3,(H,28,31). The number of hydrogen-bond acceptors (Lipinski definition) is 6. The van der Waals surface area contributed by atoms with Crippen LogP contribution in [-0.4, -0.2) is 42.0 Å². The van der Waals surface area contributed by atoms with Gasteiger partial charge in [-0.1, -0.05) is 0 Å². The van der Waals surface area contributed by atoms with Gasteiger partial charge in [-0.3, -0.25) is 0 Å². The molecule has 0 atom stereocenters. The maximum atomic E-state index is 11.9. The molecule has 1 heterocycles. The number of hydrogen-bond donors (Lipinski definition) is 1. The lowest BCUT2D eigenvalue weighted by Crippen LogP contribution is -2.33. The fraction of sp³-hybridized carbons (Fsp3) is 0.346. The van der Waals surface area contributed by atoms with Crippen molar-refractivity contribution in [2.75, 3.05) is 19.8 Å². The van der Waals surface area contributed by atoms with Crippen molar-refractivity contribution >= 4 is 23.0 Å². The van der Waals surface area contributed by atoms with E-state index in [0.29, 0.717) is 43.1 Å². The molecule has 0 spiro atoms. The summed E-state index contributed by atoms with van der Waals surface area (Å²) in [5, 5.41) is 13.1. The quantitative estimate of drug-likeness (QED) is 0.374. The number of ether oxygens (including phenoxy) is 3. The second-order valence-corrected chi connectivity index (χ2v) is 8.60. The van der Waals surface area contributed by atoms with E-state index in [2.05, 4.69) is 11.4 Å². The molecule has 178 valence electrons. The number of amides is 1. The third kappa shape index (κ3) is 6.29. The number of nitriles is 1. The molecule has 0 fully saturated rings. The first-order valence-electron chi connectivity index (χ1n) is 11.1. The molecule has 8 heteroatoms. The van der Waals surface area contributed by atoms with Crippen molar-refractivity contribution < 1.29 is 23.8 Å². The predicted molar refractivity (Wildman–Crippen MR) is 128 cm³/mol. The summed E-state index contributed by atoms with van der Waals surface area (Å²) >= 11 is 0. The highest BCUT2D eigenvalue weighted by molar-refractivity contribution is 5.91. The zero-order valence-electron chi connectivity index (χ0n) is 19.9. The van der Waals surface area contributed by atoms with Crippen LogP contribution in [0.5, 0.6) is 5.75 Å². The Morgan fingerprint density at radius 2 is 1.85 bits per heavy atom. The fourth-order valence-electron chi connectivity index (χ4n) is 3.34. The number of aromatic nitrogens is 1. The lowest BCUT2D eigenvalue weighted by atomic mass is 10.2. The minimum absolute atomic E-state index is 0.318. The smallest absolute Gasteiger partial charge is 0.407 e. The summed E-state index contributed by atoms with van der Waals surface area (Å²) in [6.07, 6.45) is 1.92. The van der Waals surface area contributed by atoms with Crippen LogP contribution in [-0.2, 0) is 9.47 Å². The molecule has 2 aromatic carbocycles. The number of carbonyl (C=O) groups excluding carboxylic acids is 2. The van der Waals surface area contributed by atoms with Gasteiger partial charge in [0, 0.05) is 23.8 Å². The van der Waals surface area contributed by atoms with E-state index < -0.39 is 11.7 Å². The summed E-state index contributed by atoms with van der Waals surface area (Å²) < 4.78 is 17.9. The van der Waals surface area contributed by atoms with E-state index in [9.17, 15) is 14.9 Å². The van der Waals surface area contributed by atoms with Crippen LogP contribution in [0.2, 0.25) is 0 Å². The van der Waals surface area contributed by atoms with Crippen LogP contribution in [0.4, 0.5) is 4.79 Å². The molecule has 1 aromatic heterocycles. The maximum Gasteiger partial charge on any atom is 0.407 e. The number of alkyl carbamates (subject to hydrolysis) is 1. The molecule has 3 aromatic rings. The van der Waals surface area contributed by atoms with Gasteiger partial charge in [-0.25, -0.2) is 9.59 Å². The van der Waals surface area contributed by atoms with Crippen molar-refractivity contribution in [3.8, 4) is 17.5 Å². The van der Waals surface area contributed by atoms with Crippen LogP contribution in [0.1, 0.15) is 50.0 Å². The van der Waals surface area contributed by atoms with Crippen LogP contribution in [0.25, 0.3) is 16.6 Å². The number of fused-ring (bicyclic) bond motifs is 1. The Morgan fingerprint density at radius 3 is 2.50 bits per heavy atom. The summed E-state index contributed by atoms with van der Waals surface area (Å²) in [4.78, 5) is 23.6. The second kappa shape index (κ2) is 10.8. The van der Waals surface area contributed by atoms with E-state index in [4.69, 9.17) is 14.2 Å². The van der Waals surface area contributed by atoms with Crippen LogP contribution in [0, 0.1) is 11.3 Å². The van der Waals surface area contributed by atoms with Gasteiger partial charge in [-0.05, 0) is 76.6 Å². The van der Waals surface area contributed by atoms with Gasteiger partial charge in [-0.2, -0.15) is 5.26 Å². The SMILES string of the molecule is CCOC(=O)c1ccc(-n2cc(C#N)c3cc(OCCCNC(=O)OC(C)(C)C)ccc32)cc1. The Hall–Kier alpha value is -3.99. The summed E-state index contributed by atoms with van der Waals surface area (Å²) in [7, 11) is 0. The van der Waals surface area contributed by atoms with Crippen molar-refractivity contribution in [2.24, 2.45) is 0 Å². The molecule has 34 heavy (non-hydrogen) atoms. The van der Waals surface area contributed by atoms with Crippen LogP contribution < -0.4 is 10.1 Å². The Bertz CT molecular complexity index is 1200. The highest BCUT2D eigenvalue weighted by Crippen LogP contribution is 2.28. The molecular formula is C26H29N3O5. The van der Waals surface area contributed by atoms with Gasteiger partial charge < -0.3 is 24.1 Å². The molecule has 0 saturated heterocycles. The monoisotopic (exact) mass is 463 g/mol. The minimum Gasteiger partial charge on any atom is -0.494 e. The lowest BCUT2D eigenvalue weighted by Gasteiger charge is -2.19. The molecule has 0 bridgehead atoms. The number of carbonyl (C=O) groups is 2. The largest absolute Gasteiger partial charge is 0.494 e. The van der Waals surface area contributed by atoms with Gasteiger partial charge in [0.1, 0.15) is 17.4 Å². The third-order valence-electron chi connectivity index (χ3n) is 4.81. The van der Waals surface area contributed by atoms with Gasteiger partial charge in [-0.15, -0.1) is 0 Å². The Morgan fingerprint density at radius 1 is 1.12 bits per heavy atom. The van der Waals surface area contributed by atoms with Gasteiger partial charge in [0.25, 0.3) is 0 Å². The van der Waals surface area contributed by atoms with E-state index in [1.807, 2.05) is 55.7 Å². The predicted octanol–water partition coefficient (Wildman–Crippen LogP) is 4.97. The lowest BCUT2D eigenvalue weighted by molar-refractivity contribution is 0.0515. The zero-order chi connectivity index (χ0) is 24.7. The van der Waals surface area contributed by atoms with Crippen molar-refractivity contribution in [1.82, 2.24) is 9.88 Å². The highest BCUT2D eigenvalue weighted by Gasteiger charge is 2.15. The molecule has 1 amide bonds. The van der Waals surface area contributed by atoms with E-state index in [1.165, 1.54) is 0 Å². The number of benzene rings is 2. The number of esters is 1. The third-order valence-corrected chi connectivity index (χ3v) is 4.81. The first-order valence-corrected chi connectivity index (χ1v) is 11.1. The molecule has 8 nitrogen and oxygen atoms in total. The molecule has 3 rings (SSSR count). The molecule has 1 N–H and O–H groups in total. The van der Waals surface area contributed by atoms with Gasteiger partial charge in [0.2, 0.25) is 0 Å². The molecule has 0 unspecified atom stereocenters. The molecule has 0 aliphatic carbocycles. The van der Waals surface area contributed by atoms with Gasteiger partial charge in [0.05, 0.1) is 29.9 Å². The van der Waals surface area contributed by atoms with E-state index in [0.717, 1.165) is 16.6 Å². The first kappa shape index (κ1) is 24.6. The molecular weight excluding hydrogens is 434 g/mol. The van der Waals surface area contributed by atoms with Crippen molar-refractivity contribution in [3.05, 3.63) is 59.8 Å². The minimum atomic E-state index is -0.534. The van der Waals surface area contributed by atoms with Crippen LogP contribution in [0.3, 0.4) is 0 Å². The Kier molecular flexibility index (Phi) is 7.79. The number of nitrogens with zero attached hydrogens (tertiary/aromatic N) is 2. The number of nitrogens with one attached hydrogen (secondary N) is 1.